The Labute approximate surface area is 161 Å². The van der Waals surface area contributed by atoms with Crippen LogP contribution in [0, 0.1) is 6.92 Å². The predicted octanol–water partition coefficient (Wildman–Crippen LogP) is 2.17. The van der Waals surface area contributed by atoms with E-state index in [-0.39, 0.29) is 23.1 Å². The van der Waals surface area contributed by atoms with Gasteiger partial charge in [0.1, 0.15) is 17.0 Å². The van der Waals surface area contributed by atoms with Gasteiger partial charge in [-0.05, 0) is 44.7 Å². The molecule has 4 rings (SSSR count). The highest BCUT2D eigenvalue weighted by molar-refractivity contribution is 6.05. The van der Waals surface area contributed by atoms with Crippen molar-refractivity contribution in [3.05, 3.63) is 52.1 Å². The van der Waals surface area contributed by atoms with Crippen molar-refractivity contribution in [2.75, 3.05) is 5.32 Å². The van der Waals surface area contributed by atoms with Crippen LogP contribution in [0.25, 0.3) is 11.0 Å². The van der Waals surface area contributed by atoms with Crippen LogP contribution >= 0.6 is 0 Å². The lowest BCUT2D eigenvalue weighted by molar-refractivity contribution is 0.102. The maximum atomic E-state index is 13.0. The maximum absolute atomic E-state index is 13.0. The van der Waals surface area contributed by atoms with Crippen LogP contribution in [0.1, 0.15) is 47.8 Å². The first-order valence-corrected chi connectivity index (χ1v) is 9.44. The minimum absolute atomic E-state index is 0.0745. The molecule has 0 aliphatic heterocycles. The molecule has 2 N–H and O–H groups in total. The minimum Gasteiger partial charge on any atom is -0.393 e. The van der Waals surface area contributed by atoms with Crippen molar-refractivity contribution >= 4 is 22.8 Å². The van der Waals surface area contributed by atoms with Crippen molar-refractivity contribution in [1.29, 1.82) is 0 Å². The second-order valence-electron chi connectivity index (χ2n) is 7.36. The molecule has 1 aliphatic carbocycles. The number of carbonyl (C=O) groups is 1. The zero-order valence-corrected chi connectivity index (χ0v) is 15.9. The van der Waals surface area contributed by atoms with E-state index in [0.29, 0.717) is 29.7 Å². The number of amides is 1. The van der Waals surface area contributed by atoms with Gasteiger partial charge in [0.15, 0.2) is 0 Å². The number of aliphatic hydroxyl groups excluding tert-OH is 1. The van der Waals surface area contributed by atoms with Crippen molar-refractivity contribution in [3.8, 4) is 0 Å². The highest BCUT2D eigenvalue weighted by Gasteiger charge is 2.24. The van der Waals surface area contributed by atoms with Crippen LogP contribution in [0.3, 0.4) is 0 Å². The summed E-state index contributed by atoms with van der Waals surface area (Å²) in [6.07, 6.45) is 5.91. The number of nitrogens with zero attached hydrogens (tertiary/aromatic N) is 4. The highest BCUT2D eigenvalue weighted by Crippen LogP contribution is 2.30. The first kappa shape index (κ1) is 18.4. The summed E-state index contributed by atoms with van der Waals surface area (Å²) < 4.78 is 3.49. The summed E-state index contributed by atoms with van der Waals surface area (Å²) in [5.74, 6) is 0.0591. The number of fused-ring (bicyclic) bond motifs is 1. The summed E-state index contributed by atoms with van der Waals surface area (Å²) in [6.45, 7) is 1.84. The Morgan fingerprint density at radius 3 is 2.71 bits per heavy atom. The Bertz CT molecular complexity index is 1090. The van der Waals surface area contributed by atoms with E-state index in [2.05, 4.69) is 15.4 Å². The second kappa shape index (κ2) is 7.20. The van der Waals surface area contributed by atoms with Crippen molar-refractivity contribution < 1.29 is 9.90 Å². The van der Waals surface area contributed by atoms with Crippen LogP contribution in [0.15, 0.2) is 35.4 Å². The molecule has 28 heavy (non-hydrogen) atoms. The number of anilines is 1. The van der Waals surface area contributed by atoms with Crippen molar-refractivity contribution in [2.45, 2.75) is 44.8 Å². The normalized spacial score (nSPS) is 19.7. The number of hydrogen-bond donors (Lipinski definition) is 2. The number of nitrogens with one attached hydrogen (secondary N) is 1. The van der Waals surface area contributed by atoms with E-state index in [1.54, 1.807) is 42.3 Å². The van der Waals surface area contributed by atoms with Crippen molar-refractivity contribution in [1.82, 2.24) is 19.3 Å². The van der Waals surface area contributed by atoms with Gasteiger partial charge in [-0.25, -0.2) is 4.98 Å². The minimum atomic E-state index is -0.469. The molecule has 3 heterocycles. The molecule has 1 aliphatic rings. The van der Waals surface area contributed by atoms with E-state index in [1.165, 1.54) is 0 Å². The van der Waals surface area contributed by atoms with Crippen LogP contribution in [0.5, 0.6) is 0 Å². The van der Waals surface area contributed by atoms with E-state index in [9.17, 15) is 14.7 Å². The standard InChI is InChI=1S/C20H23N5O3/c1-12-10-17(24(2)23-12)22-20(28)16-11-25(13-5-7-14(26)8-6-13)19-15(18(16)27)4-3-9-21-19/h3-4,9-11,13-14,26H,5-8H2,1-2H3,(H,22,28). The Morgan fingerprint density at radius 1 is 1.29 bits per heavy atom. The lowest BCUT2D eigenvalue weighted by Crippen LogP contribution is -2.28. The quantitative estimate of drug-likeness (QED) is 0.724. The molecule has 0 atom stereocenters. The van der Waals surface area contributed by atoms with Gasteiger partial charge in [-0.15, -0.1) is 0 Å². The molecule has 0 unspecified atom stereocenters. The van der Waals surface area contributed by atoms with Crippen LogP contribution in [0.4, 0.5) is 5.82 Å². The Kier molecular flexibility index (Phi) is 4.72. The smallest absolute Gasteiger partial charge is 0.262 e. The van der Waals surface area contributed by atoms with Crippen LogP contribution < -0.4 is 10.7 Å². The van der Waals surface area contributed by atoms with Gasteiger partial charge in [-0.2, -0.15) is 5.10 Å². The molecule has 0 saturated heterocycles. The zero-order chi connectivity index (χ0) is 19.8. The number of carbonyl (C=O) groups excluding carboxylic acids is 1. The molecule has 146 valence electrons. The van der Waals surface area contributed by atoms with E-state index >= 15 is 0 Å². The lowest BCUT2D eigenvalue weighted by atomic mass is 9.92. The zero-order valence-electron chi connectivity index (χ0n) is 15.9. The molecule has 0 radical (unpaired) electrons. The van der Waals surface area contributed by atoms with Crippen molar-refractivity contribution in [2.24, 2.45) is 7.05 Å². The van der Waals surface area contributed by atoms with Crippen LogP contribution in [0.2, 0.25) is 0 Å². The largest absolute Gasteiger partial charge is 0.393 e. The SMILES string of the molecule is Cc1cc(NC(=O)c2cn(C3CCC(O)CC3)c3ncccc3c2=O)n(C)n1. The summed E-state index contributed by atoms with van der Waals surface area (Å²) in [4.78, 5) is 30.3. The van der Waals surface area contributed by atoms with Crippen LogP contribution in [-0.4, -0.2) is 36.4 Å². The number of hydrogen-bond acceptors (Lipinski definition) is 5. The second-order valence-corrected chi connectivity index (χ2v) is 7.36. The summed E-state index contributed by atoms with van der Waals surface area (Å²) >= 11 is 0. The van der Waals surface area contributed by atoms with Crippen molar-refractivity contribution in [3.63, 3.8) is 0 Å². The van der Waals surface area contributed by atoms with Crippen LogP contribution in [-0.2, 0) is 7.05 Å². The Balaban J connectivity index is 1.78. The number of aryl methyl sites for hydroxylation is 2. The molecule has 1 saturated carbocycles. The van der Waals surface area contributed by atoms with Gasteiger partial charge in [0.25, 0.3) is 5.91 Å². The first-order valence-electron chi connectivity index (χ1n) is 9.44. The Morgan fingerprint density at radius 2 is 2.04 bits per heavy atom. The monoisotopic (exact) mass is 381 g/mol. The summed E-state index contributed by atoms with van der Waals surface area (Å²) in [5, 5.41) is 17.2. The summed E-state index contributed by atoms with van der Waals surface area (Å²) in [6, 6.07) is 5.24. The number of rotatable bonds is 3. The van der Waals surface area contributed by atoms with E-state index in [1.807, 2.05) is 11.5 Å². The molecule has 8 nitrogen and oxygen atoms in total. The van der Waals surface area contributed by atoms with E-state index in [4.69, 9.17) is 0 Å². The van der Waals surface area contributed by atoms with Gasteiger partial charge < -0.3 is 15.0 Å². The fourth-order valence-corrected chi connectivity index (χ4v) is 3.87. The van der Waals surface area contributed by atoms with Gasteiger partial charge in [0.05, 0.1) is 17.2 Å². The number of aliphatic hydroxyl groups is 1. The topological polar surface area (TPSA) is 102 Å². The Hall–Kier alpha value is -3.00. The van der Waals surface area contributed by atoms with Gasteiger partial charge >= 0.3 is 0 Å². The molecule has 0 bridgehead atoms. The summed E-state index contributed by atoms with van der Waals surface area (Å²) in [5.41, 5.74) is 1.08. The number of aromatic nitrogens is 4. The average molecular weight is 381 g/mol. The maximum Gasteiger partial charge on any atom is 0.262 e. The summed E-state index contributed by atoms with van der Waals surface area (Å²) in [7, 11) is 1.73. The average Bonchev–Trinajstić information content (AvgIpc) is 3.00. The molecule has 8 heteroatoms. The lowest BCUT2D eigenvalue weighted by Gasteiger charge is -2.28. The number of pyridine rings is 2. The molecule has 1 amide bonds. The molecule has 0 spiro atoms. The predicted molar refractivity (Wildman–Crippen MR) is 105 cm³/mol. The van der Waals surface area contributed by atoms with Gasteiger partial charge in [-0.3, -0.25) is 14.3 Å². The molecule has 3 aromatic rings. The van der Waals surface area contributed by atoms with E-state index in [0.717, 1.165) is 18.5 Å². The first-order chi connectivity index (χ1) is 13.4. The third kappa shape index (κ3) is 3.31. The molecule has 3 aromatic heterocycles. The third-order valence-electron chi connectivity index (χ3n) is 5.34. The molecular weight excluding hydrogens is 358 g/mol. The third-order valence-corrected chi connectivity index (χ3v) is 5.34. The fraction of sp³-hybridized carbons (Fsp3) is 0.400. The molecule has 0 aromatic carbocycles. The van der Waals surface area contributed by atoms with Gasteiger partial charge in [-0.1, -0.05) is 0 Å². The van der Waals surface area contributed by atoms with Gasteiger partial charge in [0, 0.05) is 31.5 Å². The van der Waals surface area contributed by atoms with E-state index < -0.39 is 5.91 Å². The van der Waals surface area contributed by atoms with Gasteiger partial charge in [0.2, 0.25) is 5.43 Å². The highest BCUT2D eigenvalue weighted by atomic mass is 16.3. The molecule has 1 fully saturated rings. The fourth-order valence-electron chi connectivity index (χ4n) is 3.87. The molecular formula is C20H23N5O3.